The van der Waals surface area contributed by atoms with Crippen LogP contribution in [0.25, 0.3) is 11.0 Å². The van der Waals surface area contributed by atoms with Crippen LogP contribution in [0.15, 0.2) is 57.7 Å². The second-order valence-corrected chi connectivity index (χ2v) is 6.98. The fourth-order valence-electron chi connectivity index (χ4n) is 3.54. The maximum atomic E-state index is 13.2. The highest BCUT2D eigenvalue weighted by Crippen LogP contribution is 2.51. The van der Waals surface area contributed by atoms with Crippen LogP contribution in [0.2, 0.25) is 0 Å². The van der Waals surface area contributed by atoms with Crippen LogP contribution in [-0.4, -0.2) is 5.91 Å². The lowest BCUT2D eigenvalue weighted by Crippen LogP contribution is -2.15. The standard InChI is InChI=1S/C21H16F3NO3/c1-11-8-19(26)28-18-9-12(6-7-13(11)18)25-20(27)16-10-15(16)14-4-2-3-5-17(14)21(22,23)24/h2-9,15-16H,10H2,1H3,(H,25,27). The molecule has 0 bridgehead atoms. The van der Waals surface area contributed by atoms with Gasteiger partial charge < -0.3 is 9.73 Å². The Balaban J connectivity index is 1.54. The molecule has 3 aromatic rings. The Morgan fingerprint density at radius 2 is 1.89 bits per heavy atom. The van der Waals surface area contributed by atoms with E-state index < -0.39 is 29.2 Å². The molecule has 2 unspecified atom stereocenters. The normalized spacial score (nSPS) is 18.9. The lowest BCUT2D eigenvalue weighted by atomic mass is 10.0. The molecule has 0 aliphatic heterocycles. The van der Waals surface area contributed by atoms with Crippen LogP contribution < -0.4 is 10.9 Å². The first-order valence-corrected chi connectivity index (χ1v) is 8.75. The Morgan fingerprint density at radius 3 is 2.64 bits per heavy atom. The summed E-state index contributed by atoms with van der Waals surface area (Å²) in [6.45, 7) is 1.78. The predicted octanol–water partition coefficient (Wildman–Crippen LogP) is 4.86. The molecule has 1 heterocycles. The average Bonchev–Trinajstić information content (AvgIpc) is 3.41. The van der Waals surface area contributed by atoms with Crippen molar-refractivity contribution in [3.63, 3.8) is 0 Å². The largest absolute Gasteiger partial charge is 0.423 e. The number of hydrogen-bond acceptors (Lipinski definition) is 3. The van der Waals surface area contributed by atoms with Crippen molar-refractivity contribution in [2.24, 2.45) is 5.92 Å². The van der Waals surface area contributed by atoms with E-state index in [1.165, 1.54) is 18.2 Å². The van der Waals surface area contributed by atoms with Gasteiger partial charge in [-0.15, -0.1) is 0 Å². The summed E-state index contributed by atoms with van der Waals surface area (Å²) in [5.74, 6) is -1.33. The van der Waals surface area contributed by atoms with E-state index in [4.69, 9.17) is 4.42 Å². The van der Waals surface area contributed by atoms with Gasteiger partial charge in [0.1, 0.15) is 5.58 Å². The third-order valence-electron chi connectivity index (χ3n) is 5.01. The Morgan fingerprint density at radius 1 is 1.14 bits per heavy atom. The van der Waals surface area contributed by atoms with Crippen LogP contribution in [0.1, 0.15) is 29.0 Å². The zero-order chi connectivity index (χ0) is 20.1. The molecule has 1 aliphatic carbocycles. The summed E-state index contributed by atoms with van der Waals surface area (Å²) in [7, 11) is 0. The maximum Gasteiger partial charge on any atom is 0.416 e. The van der Waals surface area contributed by atoms with Gasteiger partial charge in [0.05, 0.1) is 5.56 Å². The Labute approximate surface area is 158 Å². The van der Waals surface area contributed by atoms with Crippen LogP contribution >= 0.6 is 0 Å². The molecule has 0 spiro atoms. The van der Waals surface area contributed by atoms with Crippen LogP contribution in [-0.2, 0) is 11.0 Å². The molecule has 1 saturated carbocycles. The molecule has 1 aromatic heterocycles. The second-order valence-electron chi connectivity index (χ2n) is 6.98. The first-order chi connectivity index (χ1) is 13.2. The molecule has 7 heteroatoms. The number of amides is 1. The van der Waals surface area contributed by atoms with Crippen molar-refractivity contribution in [2.75, 3.05) is 5.32 Å². The van der Waals surface area contributed by atoms with Crippen LogP contribution in [0.5, 0.6) is 0 Å². The molecule has 0 radical (unpaired) electrons. The zero-order valence-corrected chi connectivity index (χ0v) is 14.8. The molecule has 1 aliphatic rings. The number of anilines is 1. The number of benzene rings is 2. The summed E-state index contributed by atoms with van der Waals surface area (Å²) in [4.78, 5) is 24.0. The van der Waals surface area contributed by atoms with Crippen LogP contribution in [0, 0.1) is 12.8 Å². The summed E-state index contributed by atoms with van der Waals surface area (Å²) in [5, 5.41) is 3.46. The number of nitrogens with one attached hydrogen (secondary N) is 1. The van der Waals surface area contributed by atoms with Crippen molar-refractivity contribution in [1.82, 2.24) is 0 Å². The summed E-state index contributed by atoms with van der Waals surface area (Å²) in [6, 6.07) is 11.7. The molecule has 144 valence electrons. The van der Waals surface area contributed by atoms with Gasteiger partial charge in [0.2, 0.25) is 5.91 Å². The third-order valence-corrected chi connectivity index (χ3v) is 5.01. The number of rotatable bonds is 3. The van der Waals surface area contributed by atoms with Gasteiger partial charge in [-0.3, -0.25) is 4.79 Å². The van der Waals surface area contributed by atoms with Gasteiger partial charge >= 0.3 is 11.8 Å². The van der Waals surface area contributed by atoms with Gasteiger partial charge in [-0.25, -0.2) is 4.79 Å². The van der Waals surface area contributed by atoms with E-state index in [1.807, 2.05) is 0 Å². The fraction of sp³-hybridized carbons (Fsp3) is 0.238. The lowest BCUT2D eigenvalue weighted by molar-refractivity contribution is -0.138. The molecule has 1 N–H and O–H groups in total. The maximum absolute atomic E-state index is 13.2. The highest BCUT2D eigenvalue weighted by Gasteiger charge is 2.47. The van der Waals surface area contributed by atoms with E-state index >= 15 is 0 Å². The zero-order valence-electron chi connectivity index (χ0n) is 14.8. The first kappa shape index (κ1) is 18.3. The van der Waals surface area contributed by atoms with Crippen molar-refractivity contribution in [2.45, 2.75) is 25.4 Å². The number of hydrogen-bond donors (Lipinski definition) is 1. The monoisotopic (exact) mass is 387 g/mol. The number of alkyl halides is 3. The Kier molecular flexibility index (Phi) is 4.25. The summed E-state index contributed by atoms with van der Waals surface area (Å²) in [5.41, 5.74) is 0.502. The lowest BCUT2D eigenvalue weighted by Gasteiger charge is -2.12. The molecule has 1 fully saturated rings. The van der Waals surface area contributed by atoms with Gasteiger partial charge in [0.15, 0.2) is 0 Å². The summed E-state index contributed by atoms with van der Waals surface area (Å²) in [6.07, 6.45) is -4.09. The van der Waals surface area contributed by atoms with E-state index in [1.54, 1.807) is 31.2 Å². The molecule has 28 heavy (non-hydrogen) atoms. The topological polar surface area (TPSA) is 59.3 Å². The van der Waals surface area contributed by atoms with Crippen molar-refractivity contribution in [3.8, 4) is 0 Å². The molecule has 2 aromatic carbocycles. The molecule has 4 nitrogen and oxygen atoms in total. The van der Waals surface area contributed by atoms with E-state index in [0.29, 0.717) is 17.7 Å². The smallest absolute Gasteiger partial charge is 0.416 e. The number of fused-ring (bicyclic) bond motifs is 1. The van der Waals surface area contributed by atoms with Crippen LogP contribution in [0.4, 0.5) is 18.9 Å². The summed E-state index contributed by atoms with van der Waals surface area (Å²) < 4.78 is 44.7. The molecule has 2 atom stereocenters. The summed E-state index contributed by atoms with van der Waals surface area (Å²) >= 11 is 0. The van der Waals surface area contributed by atoms with E-state index in [0.717, 1.165) is 17.0 Å². The van der Waals surface area contributed by atoms with Gasteiger partial charge in [-0.1, -0.05) is 18.2 Å². The van der Waals surface area contributed by atoms with E-state index in [-0.39, 0.29) is 11.5 Å². The number of halogens is 3. The first-order valence-electron chi connectivity index (χ1n) is 8.75. The van der Waals surface area contributed by atoms with Crippen LogP contribution in [0.3, 0.4) is 0 Å². The number of aryl methyl sites for hydroxylation is 1. The van der Waals surface area contributed by atoms with Gasteiger partial charge in [-0.05, 0) is 48.6 Å². The number of carbonyl (C=O) groups excluding carboxylic acids is 1. The Hall–Kier alpha value is -3.09. The van der Waals surface area contributed by atoms with E-state index in [2.05, 4.69) is 5.32 Å². The highest BCUT2D eigenvalue weighted by molar-refractivity contribution is 5.97. The van der Waals surface area contributed by atoms with Gasteiger partial charge in [0.25, 0.3) is 0 Å². The molecular formula is C21H16F3NO3. The van der Waals surface area contributed by atoms with Crippen molar-refractivity contribution < 1.29 is 22.4 Å². The quantitative estimate of drug-likeness (QED) is 0.653. The van der Waals surface area contributed by atoms with Crippen molar-refractivity contribution >= 4 is 22.6 Å². The third kappa shape index (κ3) is 3.40. The number of carbonyl (C=O) groups is 1. The van der Waals surface area contributed by atoms with Crippen molar-refractivity contribution in [3.05, 3.63) is 75.6 Å². The van der Waals surface area contributed by atoms with E-state index in [9.17, 15) is 22.8 Å². The van der Waals surface area contributed by atoms with Gasteiger partial charge in [0, 0.05) is 29.1 Å². The molecule has 1 amide bonds. The second kappa shape index (κ2) is 6.51. The SMILES string of the molecule is Cc1cc(=O)oc2cc(NC(=O)C3CC3c3ccccc3C(F)(F)F)ccc12. The minimum atomic E-state index is -4.45. The minimum absolute atomic E-state index is 0.148. The molecule has 0 saturated heterocycles. The predicted molar refractivity (Wildman–Crippen MR) is 98.1 cm³/mol. The highest BCUT2D eigenvalue weighted by atomic mass is 19.4. The minimum Gasteiger partial charge on any atom is -0.423 e. The fourth-order valence-corrected chi connectivity index (χ4v) is 3.54. The van der Waals surface area contributed by atoms with Crippen molar-refractivity contribution in [1.29, 1.82) is 0 Å². The van der Waals surface area contributed by atoms with Gasteiger partial charge in [-0.2, -0.15) is 13.2 Å². The molecular weight excluding hydrogens is 371 g/mol. The molecule has 4 rings (SSSR count). The Bertz CT molecular complexity index is 1130. The average molecular weight is 387 g/mol.